The molecule has 2 aliphatic rings. The predicted molar refractivity (Wildman–Crippen MR) is 62.0 cm³/mol. The SMILES string of the molecule is CC(OCC1(N)CCCC1)C(=O)NC1CC1. The Morgan fingerprint density at radius 2 is 2.12 bits per heavy atom. The Bertz CT molecular complexity index is 258. The monoisotopic (exact) mass is 226 g/mol. The lowest BCUT2D eigenvalue weighted by molar-refractivity contribution is -0.132. The van der Waals surface area contributed by atoms with E-state index in [1.165, 1.54) is 12.8 Å². The number of hydrogen-bond acceptors (Lipinski definition) is 3. The molecule has 2 fully saturated rings. The minimum Gasteiger partial charge on any atom is -0.367 e. The summed E-state index contributed by atoms with van der Waals surface area (Å²) in [6.07, 6.45) is 6.25. The zero-order valence-corrected chi connectivity index (χ0v) is 10.00. The lowest BCUT2D eigenvalue weighted by Gasteiger charge is -2.25. The summed E-state index contributed by atoms with van der Waals surface area (Å²) < 4.78 is 5.58. The average molecular weight is 226 g/mol. The summed E-state index contributed by atoms with van der Waals surface area (Å²) in [6, 6.07) is 0.400. The van der Waals surface area contributed by atoms with Gasteiger partial charge in [0.1, 0.15) is 6.10 Å². The molecule has 0 saturated heterocycles. The number of carbonyl (C=O) groups is 1. The fourth-order valence-electron chi connectivity index (χ4n) is 2.14. The van der Waals surface area contributed by atoms with Gasteiger partial charge in [0, 0.05) is 11.6 Å². The second kappa shape index (κ2) is 4.72. The van der Waals surface area contributed by atoms with Crippen LogP contribution in [0.5, 0.6) is 0 Å². The normalized spacial score (nSPS) is 25.4. The van der Waals surface area contributed by atoms with Crippen molar-refractivity contribution in [3.63, 3.8) is 0 Å². The maximum Gasteiger partial charge on any atom is 0.249 e. The molecule has 0 aromatic carbocycles. The molecule has 1 amide bonds. The van der Waals surface area contributed by atoms with E-state index in [0.29, 0.717) is 12.6 Å². The van der Waals surface area contributed by atoms with E-state index in [1.54, 1.807) is 6.92 Å². The van der Waals surface area contributed by atoms with Crippen molar-refractivity contribution in [2.45, 2.75) is 63.1 Å². The first-order valence-electron chi connectivity index (χ1n) is 6.30. The van der Waals surface area contributed by atoms with Gasteiger partial charge in [-0.2, -0.15) is 0 Å². The lowest BCUT2D eigenvalue weighted by Crippen LogP contribution is -2.45. The Labute approximate surface area is 96.9 Å². The average Bonchev–Trinajstić information content (AvgIpc) is 2.96. The van der Waals surface area contributed by atoms with Crippen LogP contribution < -0.4 is 11.1 Å². The summed E-state index contributed by atoms with van der Waals surface area (Å²) in [5.41, 5.74) is 5.98. The number of nitrogens with one attached hydrogen (secondary N) is 1. The van der Waals surface area contributed by atoms with Crippen LogP contribution in [0.2, 0.25) is 0 Å². The van der Waals surface area contributed by atoms with Crippen molar-refractivity contribution in [3.8, 4) is 0 Å². The van der Waals surface area contributed by atoms with E-state index in [2.05, 4.69) is 5.32 Å². The number of rotatable bonds is 5. The standard InChI is InChI=1S/C12H22N2O2/c1-9(11(15)14-10-4-5-10)16-8-12(13)6-2-3-7-12/h9-10H,2-8,13H2,1H3,(H,14,15). The largest absolute Gasteiger partial charge is 0.367 e. The van der Waals surface area contributed by atoms with Crippen molar-refractivity contribution in [1.29, 1.82) is 0 Å². The molecule has 0 heterocycles. The van der Waals surface area contributed by atoms with Crippen molar-refractivity contribution in [2.24, 2.45) is 5.73 Å². The Morgan fingerprint density at radius 1 is 1.50 bits per heavy atom. The van der Waals surface area contributed by atoms with Crippen molar-refractivity contribution >= 4 is 5.91 Å². The van der Waals surface area contributed by atoms with Gasteiger partial charge in [0.05, 0.1) is 6.61 Å². The Morgan fingerprint density at radius 3 is 2.69 bits per heavy atom. The van der Waals surface area contributed by atoms with Crippen LogP contribution in [-0.2, 0) is 9.53 Å². The third kappa shape index (κ3) is 3.19. The molecule has 0 aliphatic heterocycles. The molecule has 4 heteroatoms. The van der Waals surface area contributed by atoms with E-state index in [4.69, 9.17) is 10.5 Å². The zero-order chi connectivity index (χ0) is 11.6. The number of hydrogen-bond donors (Lipinski definition) is 2. The van der Waals surface area contributed by atoms with Gasteiger partial charge in [0.2, 0.25) is 5.91 Å². The van der Waals surface area contributed by atoms with E-state index in [1.807, 2.05) is 0 Å². The van der Waals surface area contributed by atoms with Gasteiger partial charge in [-0.05, 0) is 32.6 Å². The van der Waals surface area contributed by atoms with E-state index < -0.39 is 0 Å². The minimum absolute atomic E-state index is 0.00379. The van der Waals surface area contributed by atoms with Crippen LogP contribution in [-0.4, -0.2) is 30.2 Å². The first-order chi connectivity index (χ1) is 7.59. The van der Waals surface area contributed by atoms with E-state index >= 15 is 0 Å². The molecule has 0 radical (unpaired) electrons. The highest BCUT2D eigenvalue weighted by atomic mass is 16.5. The predicted octanol–water partition coefficient (Wildman–Crippen LogP) is 0.942. The van der Waals surface area contributed by atoms with Gasteiger partial charge >= 0.3 is 0 Å². The highest BCUT2D eigenvalue weighted by Crippen LogP contribution is 2.27. The number of nitrogens with two attached hydrogens (primary N) is 1. The molecule has 1 atom stereocenters. The van der Waals surface area contributed by atoms with Crippen LogP contribution in [0, 0.1) is 0 Å². The fraction of sp³-hybridized carbons (Fsp3) is 0.917. The summed E-state index contributed by atoms with van der Waals surface area (Å²) in [7, 11) is 0. The molecule has 0 aromatic rings. The molecule has 1 unspecified atom stereocenters. The molecular formula is C12H22N2O2. The number of amides is 1. The quantitative estimate of drug-likeness (QED) is 0.733. The topological polar surface area (TPSA) is 64.3 Å². The highest BCUT2D eigenvalue weighted by molar-refractivity contribution is 5.80. The van der Waals surface area contributed by atoms with Crippen LogP contribution >= 0.6 is 0 Å². The maximum atomic E-state index is 11.6. The molecular weight excluding hydrogens is 204 g/mol. The Balaban J connectivity index is 1.69. The van der Waals surface area contributed by atoms with Crippen LogP contribution in [0.15, 0.2) is 0 Å². The minimum atomic E-state index is -0.373. The summed E-state index contributed by atoms with van der Waals surface area (Å²) in [5.74, 6) is 0.00379. The van der Waals surface area contributed by atoms with Crippen LogP contribution in [0.4, 0.5) is 0 Å². The Kier molecular flexibility index (Phi) is 3.50. The first-order valence-corrected chi connectivity index (χ1v) is 6.30. The van der Waals surface area contributed by atoms with Gasteiger partial charge in [0.25, 0.3) is 0 Å². The van der Waals surface area contributed by atoms with Crippen LogP contribution in [0.1, 0.15) is 45.4 Å². The van der Waals surface area contributed by atoms with Gasteiger partial charge in [-0.3, -0.25) is 4.79 Å². The summed E-state index contributed by atoms with van der Waals surface area (Å²) in [5, 5.41) is 2.94. The van der Waals surface area contributed by atoms with Crippen LogP contribution in [0.3, 0.4) is 0 Å². The van der Waals surface area contributed by atoms with Gasteiger partial charge < -0.3 is 15.8 Å². The van der Waals surface area contributed by atoms with Crippen LogP contribution in [0.25, 0.3) is 0 Å². The van der Waals surface area contributed by atoms with Gasteiger partial charge in [-0.25, -0.2) is 0 Å². The zero-order valence-electron chi connectivity index (χ0n) is 10.00. The molecule has 92 valence electrons. The van der Waals surface area contributed by atoms with Gasteiger partial charge in [0.15, 0.2) is 0 Å². The number of ether oxygens (including phenoxy) is 1. The molecule has 4 nitrogen and oxygen atoms in total. The molecule has 2 rings (SSSR count). The lowest BCUT2D eigenvalue weighted by atomic mass is 10.0. The second-order valence-electron chi connectivity index (χ2n) is 5.31. The molecule has 0 bridgehead atoms. The fourth-order valence-corrected chi connectivity index (χ4v) is 2.14. The number of carbonyl (C=O) groups excluding carboxylic acids is 1. The van der Waals surface area contributed by atoms with E-state index in [9.17, 15) is 4.79 Å². The van der Waals surface area contributed by atoms with Gasteiger partial charge in [-0.15, -0.1) is 0 Å². The maximum absolute atomic E-state index is 11.6. The summed E-state index contributed by atoms with van der Waals surface area (Å²) in [4.78, 5) is 11.6. The molecule has 3 N–H and O–H groups in total. The third-order valence-electron chi connectivity index (χ3n) is 3.51. The second-order valence-corrected chi connectivity index (χ2v) is 5.31. The summed E-state index contributed by atoms with van der Waals surface area (Å²) in [6.45, 7) is 2.31. The van der Waals surface area contributed by atoms with Crippen molar-refractivity contribution in [1.82, 2.24) is 5.32 Å². The summed E-state index contributed by atoms with van der Waals surface area (Å²) >= 11 is 0. The Hall–Kier alpha value is -0.610. The van der Waals surface area contributed by atoms with Crippen molar-refractivity contribution in [2.75, 3.05) is 6.61 Å². The molecule has 2 saturated carbocycles. The molecule has 2 aliphatic carbocycles. The highest BCUT2D eigenvalue weighted by Gasteiger charge is 2.31. The first kappa shape index (κ1) is 11.9. The third-order valence-corrected chi connectivity index (χ3v) is 3.51. The van der Waals surface area contributed by atoms with E-state index in [0.717, 1.165) is 25.7 Å². The van der Waals surface area contributed by atoms with Crippen molar-refractivity contribution in [3.05, 3.63) is 0 Å². The molecule has 0 spiro atoms. The molecule has 16 heavy (non-hydrogen) atoms. The van der Waals surface area contributed by atoms with Gasteiger partial charge in [-0.1, -0.05) is 12.8 Å². The molecule has 0 aromatic heterocycles. The van der Waals surface area contributed by atoms with Crippen molar-refractivity contribution < 1.29 is 9.53 Å². The van der Waals surface area contributed by atoms with E-state index in [-0.39, 0.29) is 17.6 Å². The smallest absolute Gasteiger partial charge is 0.249 e.